The molecule has 0 aliphatic carbocycles. The maximum absolute atomic E-state index is 13.7. The molecule has 4 heterocycles. The molecular weight excluding hydrogens is 714 g/mol. The summed E-state index contributed by atoms with van der Waals surface area (Å²) in [5.74, 6) is 0. The van der Waals surface area contributed by atoms with E-state index in [0.717, 1.165) is 13.7 Å². The third-order valence-electron chi connectivity index (χ3n) is 9.67. The third-order valence-corrected chi connectivity index (χ3v) is 9.67. The molecule has 3 aliphatic rings. The summed E-state index contributed by atoms with van der Waals surface area (Å²) in [5.41, 5.74) is -3.03. The summed E-state index contributed by atoms with van der Waals surface area (Å²) in [6.07, 6.45) is -4.92. The monoisotopic (exact) mass is 771 g/mol. The highest BCUT2D eigenvalue weighted by Crippen LogP contribution is 2.08. The number of amides is 3. The predicted octanol–water partition coefficient (Wildman–Crippen LogP) is -3.42. The number of nitrogens with zero attached hydrogens (tertiary/aromatic N) is 9. The Hall–Kier alpha value is -4.02. The maximum atomic E-state index is 13.7. The van der Waals surface area contributed by atoms with Crippen LogP contribution in [0, 0.1) is 0 Å². The van der Waals surface area contributed by atoms with Gasteiger partial charge in [0.15, 0.2) is 0 Å². The molecule has 4 rings (SSSR count). The van der Waals surface area contributed by atoms with Crippen LogP contribution in [-0.2, 0) is 33.8 Å². The molecule has 0 radical (unpaired) electrons. The van der Waals surface area contributed by atoms with Gasteiger partial charge in [-0.3, -0.25) is 14.7 Å². The third kappa shape index (κ3) is 11.7. The van der Waals surface area contributed by atoms with E-state index in [1.165, 1.54) is 0 Å². The number of hydrogen-bond donors (Lipinski definition) is 3. The molecule has 3 N–H and O–H groups in total. The lowest BCUT2D eigenvalue weighted by atomic mass is 10.2. The summed E-state index contributed by atoms with van der Waals surface area (Å²) >= 11 is 0. The van der Waals surface area contributed by atoms with Crippen LogP contribution in [0.25, 0.3) is 0 Å². The fourth-order valence-electron chi connectivity index (χ4n) is 6.83. The van der Waals surface area contributed by atoms with Crippen molar-refractivity contribution in [2.45, 2.75) is 58.7 Å². The SMILES string of the molecule is CCOC(=O)N1CCN(CC(O)Cn2c(=O)n(CC(O)CN3CCN(C(=O)OCC)CC3)c(=O)n(CC(O)CN3CCN(C(=O)OCC)CC3)c2=O)CC1. The fraction of sp³-hybridized carbons (Fsp3) is 0.818. The van der Waals surface area contributed by atoms with Gasteiger partial charge >= 0.3 is 35.3 Å². The van der Waals surface area contributed by atoms with E-state index in [2.05, 4.69) is 0 Å². The summed E-state index contributed by atoms with van der Waals surface area (Å²) in [5, 5.41) is 33.2. The zero-order valence-electron chi connectivity index (χ0n) is 31.6. The van der Waals surface area contributed by atoms with Gasteiger partial charge < -0.3 is 44.2 Å². The fourth-order valence-corrected chi connectivity index (χ4v) is 6.83. The Balaban J connectivity index is 1.47. The molecular formula is C33H57N9O12. The molecule has 3 saturated heterocycles. The van der Waals surface area contributed by atoms with Gasteiger partial charge in [-0.1, -0.05) is 0 Å². The quantitative estimate of drug-likeness (QED) is 0.148. The molecule has 306 valence electrons. The molecule has 21 heteroatoms. The normalized spacial score (nSPS) is 19.3. The smallest absolute Gasteiger partial charge is 0.409 e. The van der Waals surface area contributed by atoms with E-state index in [9.17, 15) is 44.1 Å². The topological polar surface area (TPSA) is 225 Å². The molecule has 3 aliphatic heterocycles. The van der Waals surface area contributed by atoms with E-state index >= 15 is 0 Å². The van der Waals surface area contributed by atoms with Crippen molar-refractivity contribution < 1.29 is 43.9 Å². The Bertz CT molecular complexity index is 1350. The molecule has 3 unspecified atom stereocenters. The number of aliphatic hydroxyl groups is 3. The number of carbonyl (C=O) groups excluding carboxylic acids is 3. The van der Waals surface area contributed by atoms with Gasteiger partial charge in [-0.2, -0.15) is 0 Å². The van der Waals surface area contributed by atoms with Gasteiger partial charge in [0, 0.05) is 98.2 Å². The number of β-amino-alcohol motifs (C(OH)–C–C–N with tert-alkyl or cyclic N) is 3. The number of aliphatic hydroxyl groups excluding tert-OH is 3. The summed E-state index contributed by atoms with van der Waals surface area (Å²) in [6.45, 7) is 9.51. The number of hydrogen-bond acceptors (Lipinski definition) is 15. The van der Waals surface area contributed by atoms with Crippen LogP contribution in [0.2, 0.25) is 0 Å². The largest absolute Gasteiger partial charge is 0.450 e. The predicted molar refractivity (Wildman–Crippen MR) is 192 cm³/mol. The van der Waals surface area contributed by atoms with Crippen LogP contribution in [0.1, 0.15) is 20.8 Å². The first-order valence-electron chi connectivity index (χ1n) is 18.8. The summed E-state index contributed by atoms with van der Waals surface area (Å²) in [6, 6.07) is 0. The number of carbonyl (C=O) groups is 3. The Labute approximate surface area is 313 Å². The summed E-state index contributed by atoms with van der Waals surface area (Å²) < 4.78 is 17.4. The van der Waals surface area contributed by atoms with Crippen molar-refractivity contribution in [2.24, 2.45) is 0 Å². The van der Waals surface area contributed by atoms with Gasteiger partial charge in [0.1, 0.15) is 0 Å². The van der Waals surface area contributed by atoms with Gasteiger partial charge in [-0.05, 0) is 20.8 Å². The van der Waals surface area contributed by atoms with Crippen LogP contribution in [0.15, 0.2) is 14.4 Å². The molecule has 0 spiro atoms. The van der Waals surface area contributed by atoms with Crippen LogP contribution in [0.4, 0.5) is 14.4 Å². The molecule has 0 bridgehead atoms. The average molecular weight is 772 g/mol. The second-order valence-corrected chi connectivity index (χ2v) is 13.6. The number of aromatic nitrogens is 3. The minimum absolute atomic E-state index is 0.0719. The highest BCUT2D eigenvalue weighted by molar-refractivity contribution is 5.68. The zero-order chi connectivity index (χ0) is 39.4. The van der Waals surface area contributed by atoms with Crippen LogP contribution in [0.5, 0.6) is 0 Å². The molecule has 21 nitrogen and oxygen atoms in total. The highest BCUT2D eigenvalue weighted by Gasteiger charge is 2.29. The van der Waals surface area contributed by atoms with Gasteiger partial charge in [0.05, 0.1) is 57.8 Å². The number of ether oxygens (including phenoxy) is 3. The molecule has 0 saturated carbocycles. The van der Waals surface area contributed by atoms with Crippen LogP contribution in [-0.4, -0.2) is 213 Å². The van der Waals surface area contributed by atoms with Gasteiger partial charge in [-0.25, -0.2) is 42.5 Å². The molecule has 54 heavy (non-hydrogen) atoms. The lowest BCUT2D eigenvalue weighted by Gasteiger charge is -2.35. The number of rotatable bonds is 15. The summed E-state index contributed by atoms with van der Waals surface area (Å²) in [7, 11) is 0. The Morgan fingerprint density at radius 2 is 0.667 bits per heavy atom. The average Bonchev–Trinajstić information content (AvgIpc) is 3.15. The molecule has 3 fully saturated rings. The van der Waals surface area contributed by atoms with Crippen molar-refractivity contribution in [1.82, 2.24) is 43.1 Å². The lowest BCUT2D eigenvalue weighted by Crippen LogP contribution is -2.59. The Morgan fingerprint density at radius 3 is 0.870 bits per heavy atom. The van der Waals surface area contributed by atoms with Crippen LogP contribution in [0.3, 0.4) is 0 Å². The first-order chi connectivity index (χ1) is 25.8. The molecule has 0 aromatic carbocycles. The second-order valence-electron chi connectivity index (χ2n) is 13.6. The highest BCUT2D eigenvalue weighted by atomic mass is 16.6. The molecule has 1 aromatic rings. The van der Waals surface area contributed by atoms with E-state index in [-0.39, 0.29) is 39.5 Å². The van der Waals surface area contributed by atoms with Crippen molar-refractivity contribution in [3.63, 3.8) is 0 Å². The van der Waals surface area contributed by atoms with Crippen molar-refractivity contribution in [1.29, 1.82) is 0 Å². The first kappa shape index (κ1) is 42.7. The Kier molecular flexibility index (Phi) is 16.3. The molecule has 3 amide bonds. The van der Waals surface area contributed by atoms with E-state index in [1.54, 1.807) is 35.5 Å². The van der Waals surface area contributed by atoms with E-state index in [1.807, 2.05) is 14.7 Å². The van der Waals surface area contributed by atoms with Gasteiger partial charge in [0.2, 0.25) is 0 Å². The minimum Gasteiger partial charge on any atom is -0.450 e. The summed E-state index contributed by atoms with van der Waals surface area (Å²) in [4.78, 5) is 87.8. The lowest BCUT2D eigenvalue weighted by molar-refractivity contribution is 0.0474. The number of piperazine rings is 3. The van der Waals surface area contributed by atoms with Crippen molar-refractivity contribution in [3.05, 3.63) is 31.5 Å². The van der Waals surface area contributed by atoms with E-state index < -0.39 is 73.3 Å². The first-order valence-corrected chi connectivity index (χ1v) is 18.8. The van der Waals surface area contributed by atoms with Crippen molar-refractivity contribution in [3.8, 4) is 0 Å². The van der Waals surface area contributed by atoms with E-state index in [4.69, 9.17) is 14.2 Å². The maximum Gasteiger partial charge on any atom is 0.409 e. The van der Waals surface area contributed by atoms with Gasteiger partial charge in [0.25, 0.3) is 0 Å². The zero-order valence-corrected chi connectivity index (χ0v) is 31.6. The van der Waals surface area contributed by atoms with Crippen LogP contribution >= 0.6 is 0 Å². The standard InChI is InChI=1S/C33H57N9O12/c1-4-52-31(49)37-13-7-34(8-14-37)19-25(43)22-40-28(46)41(23-26(44)20-35-9-15-38(16-10-35)32(50)53-5-2)30(48)42(29(40)47)24-27(45)21-36-11-17-39(18-12-36)33(51)54-6-3/h25-27,43-45H,4-24H2,1-3H3. The van der Waals surface area contributed by atoms with Crippen molar-refractivity contribution in [2.75, 3.05) is 118 Å². The van der Waals surface area contributed by atoms with E-state index in [0.29, 0.717) is 78.5 Å². The van der Waals surface area contributed by atoms with Crippen LogP contribution < -0.4 is 17.1 Å². The molecule has 3 atom stereocenters. The van der Waals surface area contributed by atoms with Crippen molar-refractivity contribution >= 4 is 18.3 Å². The minimum atomic E-state index is -1.22. The molecule has 1 aromatic heterocycles. The Morgan fingerprint density at radius 1 is 0.444 bits per heavy atom. The second kappa shape index (κ2) is 20.6. The van der Waals surface area contributed by atoms with Gasteiger partial charge in [-0.15, -0.1) is 0 Å².